The number of β-amino-alcohol motifs (C(OH)–C–C–N with tert-alkyl or cyclic N) is 1. The summed E-state index contributed by atoms with van der Waals surface area (Å²) in [6.07, 6.45) is -0.130. The number of ether oxygens (including phenoxy) is 1. The summed E-state index contributed by atoms with van der Waals surface area (Å²) in [6, 6.07) is 4.97. The summed E-state index contributed by atoms with van der Waals surface area (Å²) in [5.74, 6) is -1.15. The van der Waals surface area contributed by atoms with Gasteiger partial charge in [0.1, 0.15) is 23.1 Å². The van der Waals surface area contributed by atoms with Crippen LogP contribution in [0.5, 0.6) is 5.75 Å². The number of alkyl halides is 3. The standard InChI is InChI=1S/C27H24F4N8O3/c1-2-42-16-8-17(24-18-11-34-36-25(18)37-39(24)12-16)14-3-4-22(32-9-14)38-6-5-20(21(40)13-38)35-26(41)23-19(27(29,30)31)7-15(28)10-33-23/h3-4,7-12,20-21,40H,2,5-6,13H2,1H3,(H,35,41)(H,36,37)/t20-,21+/m0/s1. The van der Waals surface area contributed by atoms with E-state index >= 15 is 0 Å². The highest BCUT2D eigenvalue weighted by Crippen LogP contribution is 2.34. The van der Waals surface area contributed by atoms with Gasteiger partial charge in [-0.25, -0.2) is 18.9 Å². The third-order valence-corrected chi connectivity index (χ3v) is 7.07. The third-order valence-electron chi connectivity index (χ3n) is 7.07. The van der Waals surface area contributed by atoms with Crippen molar-refractivity contribution in [1.82, 2.24) is 35.1 Å². The lowest BCUT2D eigenvalue weighted by molar-refractivity contribution is -0.138. The minimum Gasteiger partial charge on any atom is -0.492 e. The number of carbonyl (C=O) groups excluding carboxylic acids is 1. The van der Waals surface area contributed by atoms with Gasteiger partial charge in [-0.05, 0) is 37.6 Å². The first-order valence-electron chi connectivity index (χ1n) is 13.0. The van der Waals surface area contributed by atoms with Crippen molar-refractivity contribution in [3.63, 3.8) is 0 Å². The van der Waals surface area contributed by atoms with Gasteiger partial charge in [-0.3, -0.25) is 9.89 Å². The lowest BCUT2D eigenvalue weighted by Gasteiger charge is -2.37. The predicted molar refractivity (Wildman–Crippen MR) is 143 cm³/mol. The van der Waals surface area contributed by atoms with Crippen LogP contribution in [0.2, 0.25) is 0 Å². The fourth-order valence-corrected chi connectivity index (χ4v) is 5.12. The van der Waals surface area contributed by atoms with E-state index in [0.717, 1.165) is 22.0 Å². The number of anilines is 1. The molecule has 42 heavy (non-hydrogen) atoms. The number of hydrogen-bond donors (Lipinski definition) is 3. The SMILES string of the molecule is CCOc1cc(-c2ccc(N3CC[C@H](NC(=O)c4ncc(F)cc4C(F)(F)F)[C@H](O)C3)nc2)c2c3cn[nH]c3nn2c1. The van der Waals surface area contributed by atoms with E-state index in [1.807, 2.05) is 24.0 Å². The molecular weight excluding hydrogens is 560 g/mol. The Hall–Kier alpha value is -4.79. The summed E-state index contributed by atoms with van der Waals surface area (Å²) in [5.41, 5.74) is 0.645. The first kappa shape index (κ1) is 27.4. The molecule has 0 aromatic carbocycles. The van der Waals surface area contributed by atoms with E-state index in [1.165, 1.54) is 0 Å². The van der Waals surface area contributed by atoms with Crippen LogP contribution in [-0.4, -0.2) is 72.6 Å². The van der Waals surface area contributed by atoms with Gasteiger partial charge >= 0.3 is 6.18 Å². The average molecular weight is 585 g/mol. The van der Waals surface area contributed by atoms with E-state index in [2.05, 4.69) is 30.6 Å². The number of pyridine rings is 3. The third kappa shape index (κ3) is 5.06. The Balaban J connectivity index is 1.19. The number of nitrogens with one attached hydrogen (secondary N) is 2. The summed E-state index contributed by atoms with van der Waals surface area (Å²) in [4.78, 5) is 22.4. The molecule has 2 atom stereocenters. The molecule has 1 amide bonds. The molecule has 3 N–H and O–H groups in total. The van der Waals surface area contributed by atoms with Gasteiger partial charge in [0.25, 0.3) is 5.91 Å². The molecule has 1 aliphatic heterocycles. The molecule has 5 aromatic heterocycles. The van der Waals surface area contributed by atoms with Crippen molar-refractivity contribution in [3.8, 4) is 16.9 Å². The van der Waals surface area contributed by atoms with Gasteiger partial charge in [0.15, 0.2) is 5.65 Å². The molecule has 0 spiro atoms. The van der Waals surface area contributed by atoms with Crippen molar-refractivity contribution >= 4 is 28.3 Å². The van der Waals surface area contributed by atoms with Gasteiger partial charge in [-0.15, -0.1) is 5.10 Å². The highest BCUT2D eigenvalue weighted by atomic mass is 19.4. The Bertz CT molecular complexity index is 1770. The minimum absolute atomic E-state index is 0.0720. The summed E-state index contributed by atoms with van der Waals surface area (Å²) < 4.78 is 60.8. The number of amides is 1. The van der Waals surface area contributed by atoms with Gasteiger partial charge in [0, 0.05) is 30.4 Å². The van der Waals surface area contributed by atoms with E-state index in [4.69, 9.17) is 4.74 Å². The number of H-pyrrole nitrogens is 1. The molecule has 6 rings (SSSR count). The molecule has 0 bridgehead atoms. The fourth-order valence-electron chi connectivity index (χ4n) is 5.12. The van der Waals surface area contributed by atoms with Crippen molar-refractivity contribution in [3.05, 3.63) is 66.1 Å². The van der Waals surface area contributed by atoms with Crippen LogP contribution in [0, 0.1) is 5.82 Å². The molecule has 0 saturated carbocycles. The van der Waals surface area contributed by atoms with E-state index < -0.39 is 41.3 Å². The van der Waals surface area contributed by atoms with Crippen molar-refractivity contribution in [1.29, 1.82) is 0 Å². The highest BCUT2D eigenvalue weighted by molar-refractivity contribution is 6.01. The summed E-state index contributed by atoms with van der Waals surface area (Å²) >= 11 is 0. The number of hydrogen-bond acceptors (Lipinski definition) is 8. The molecule has 5 aromatic rings. The maximum Gasteiger partial charge on any atom is 0.418 e. The minimum atomic E-state index is -4.97. The molecule has 1 saturated heterocycles. The van der Waals surface area contributed by atoms with Crippen molar-refractivity contribution in [2.45, 2.75) is 31.7 Å². The summed E-state index contributed by atoms with van der Waals surface area (Å²) in [7, 11) is 0. The summed E-state index contributed by atoms with van der Waals surface area (Å²) in [6.45, 7) is 2.80. The molecule has 6 heterocycles. The normalized spacial score (nSPS) is 17.6. The largest absolute Gasteiger partial charge is 0.492 e. The molecule has 15 heteroatoms. The Kier molecular flexibility index (Phi) is 6.88. The second-order valence-electron chi connectivity index (χ2n) is 9.78. The molecule has 1 fully saturated rings. The molecule has 1 aliphatic rings. The van der Waals surface area contributed by atoms with Crippen LogP contribution in [0.1, 0.15) is 29.4 Å². The first-order valence-corrected chi connectivity index (χ1v) is 13.0. The number of nitrogens with zero attached hydrogens (tertiary/aromatic N) is 6. The quantitative estimate of drug-likeness (QED) is 0.258. The number of halogens is 4. The number of carbonyl (C=O) groups is 1. The highest BCUT2D eigenvalue weighted by Gasteiger charge is 2.38. The monoisotopic (exact) mass is 584 g/mol. The number of aliphatic hydroxyl groups is 1. The molecule has 11 nitrogen and oxygen atoms in total. The molecule has 0 aliphatic carbocycles. The molecule has 0 unspecified atom stereocenters. The van der Waals surface area contributed by atoms with E-state index in [-0.39, 0.29) is 19.0 Å². The number of aromatic amines is 1. The number of fused-ring (bicyclic) bond motifs is 3. The van der Waals surface area contributed by atoms with Crippen LogP contribution in [-0.2, 0) is 6.18 Å². The van der Waals surface area contributed by atoms with Gasteiger partial charge in [-0.2, -0.15) is 18.3 Å². The fraction of sp³-hybridized carbons (Fsp3) is 0.296. The maximum atomic E-state index is 13.4. The number of aromatic nitrogens is 6. The number of rotatable bonds is 6. The van der Waals surface area contributed by atoms with E-state index in [1.54, 1.807) is 29.2 Å². The van der Waals surface area contributed by atoms with E-state index in [9.17, 15) is 27.5 Å². The summed E-state index contributed by atoms with van der Waals surface area (Å²) in [5, 5.41) is 25.5. The maximum absolute atomic E-state index is 13.4. The lowest BCUT2D eigenvalue weighted by Crippen LogP contribution is -2.54. The Morgan fingerprint density at radius 2 is 2.05 bits per heavy atom. The Labute approximate surface area is 235 Å². The lowest BCUT2D eigenvalue weighted by atomic mass is 10.0. The molecule has 0 radical (unpaired) electrons. The van der Waals surface area contributed by atoms with Crippen LogP contribution < -0.4 is 15.0 Å². The smallest absolute Gasteiger partial charge is 0.418 e. The van der Waals surface area contributed by atoms with Gasteiger partial charge in [0.2, 0.25) is 0 Å². The van der Waals surface area contributed by atoms with Crippen LogP contribution in [0.3, 0.4) is 0 Å². The predicted octanol–water partition coefficient (Wildman–Crippen LogP) is 3.59. The van der Waals surface area contributed by atoms with Crippen molar-refractivity contribution in [2.24, 2.45) is 0 Å². The number of piperidine rings is 1. The van der Waals surface area contributed by atoms with E-state index in [0.29, 0.717) is 36.6 Å². The zero-order valence-electron chi connectivity index (χ0n) is 22.1. The Morgan fingerprint density at radius 3 is 2.76 bits per heavy atom. The van der Waals surface area contributed by atoms with Crippen LogP contribution in [0.25, 0.3) is 27.7 Å². The first-order chi connectivity index (χ1) is 20.1. The topological polar surface area (TPSA) is 134 Å². The van der Waals surface area contributed by atoms with Crippen molar-refractivity contribution < 1.29 is 32.2 Å². The number of aliphatic hydroxyl groups excluding tert-OH is 1. The second kappa shape index (κ2) is 10.6. The van der Waals surface area contributed by atoms with Crippen LogP contribution in [0.4, 0.5) is 23.4 Å². The van der Waals surface area contributed by atoms with Crippen LogP contribution in [0.15, 0.2) is 49.1 Å². The molecular formula is C27H24F4N8O3. The van der Waals surface area contributed by atoms with Crippen LogP contribution >= 0.6 is 0 Å². The second-order valence-corrected chi connectivity index (χ2v) is 9.78. The Morgan fingerprint density at radius 1 is 1.21 bits per heavy atom. The molecule has 218 valence electrons. The van der Waals surface area contributed by atoms with Crippen molar-refractivity contribution in [2.75, 3.05) is 24.6 Å². The average Bonchev–Trinajstić information content (AvgIpc) is 3.55. The zero-order valence-corrected chi connectivity index (χ0v) is 22.1. The van der Waals surface area contributed by atoms with Gasteiger partial charge in [0.05, 0.1) is 53.8 Å². The van der Waals surface area contributed by atoms with Gasteiger partial charge < -0.3 is 20.1 Å². The zero-order chi connectivity index (χ0) is 29.6. The van der Waals surface area contributed by atoms with Gasteiger partial charge in [-0.1, -0.05) is 0 Å².